The molecule has 0 spiro atoms. The number of anilines is 1. The molecule has 3 amide bonds. The summed E-state index contributed by atoms with van der Waals surface area (Å²) in [7, 11) is 0. The molecule has 202 valence electrons. The molecular weight excluding hydrogens is 518 g/mol. The van der Waals surface area contributed by atoms with E-state index in [2.05, 4.69) is 20.6 Å². The first-order chi connectivity index (χ1) is 18.6. The number of aromatic nitrogens is 4. The lowest BCUT2D eigenvalue weighted by molar-refractivity contribution is -0.118. The predicted octanol–water partition coefficient (Wildman–Crippen LogP) is 3.31. The third-order valence-corrected chi connectivity index (χ3v) is 8.85. The van der Waals surface area contributed by atoms with Crippen LogP contribution in [0.5, 0.6) is 0 Å². The molecule has 6 rings (SSSR count). The Kier molecular flexibility index (Phi) is 6.17. The number of hydrogen-bond donors (Lipinski definition) is 2. The van der Waals surface area contributed by atoms with Crippen LogP contribution in [-0.2, 0) is 4.79 Å². The van der Waals surface area contributed by atoms with Crippen molar-refractivity contribution in [2.45, 2.75) is 58.0 Å². The molecule has 10 nitrogen and oxygen atoms in total. The standard InChI is InChI=1S/C28H30ClN7O3/c1-13-14(2)26(35-11-17-8-22(17)28(35)39)31-10-23(13)15(3)36-12-24(33-34-36)27(38)32-19-6-16(7-19)21-9-18(29)4-5-20(21)25(30)37/h4-5,9-10,12,15-17,19,22H,6-8,11H2,1-3H3,(H2,30,37)(H,32,38)/t15-,16?,17+,19?,22+/m0/s1. The number of primary amides is 1. The Morgan fingerprint density at radius 3 is 2.64 bits per heavy atom. The number of nitrogens with one attached hydrogen (secondary N) is 1. The summed E-state index contributed by atoms with van der Waals surface area (Å²) in [5.74, 6) is 0.880. The van der Waals surface area contributed by atoms with Gasteiger partial charge in [-0.3, -0.25) is 19.3 Å². The Labute approximate surface area is 230 Å². The van der Waals surface area contributed by atoms with E-state index in [-0.39, 0.29) is 41.4 Å². The van der Waals surface area contributed by atoms with Crippen LogP contribution in [0.15, 0.2) is 30.6 Å². The van der Waals surface area contributed by atoms with Gasteiger partial charge in [0.15, 0.2) is 5.69 Å². The molecule has 3 aromatic rings. The summed E-state index contributed by atoms with van der Waals surface area (Å²) >= 11 is 6.13. The Balaban J connectivity index is 1.10. The van der Waals surface area contributed by atoms with Gasteiger partial charge in [-0.25, -0.2) is 9.67 Å². The van der Waals surface area contributed by atoms with Gasteiger partial charge in [0.2, 0.25) is 11.8 Å². The molecule has 1 saturated heterocycles. The fourth-order valence-electron chi connectivity index (χ4n) is 5.93. The Bertz CT molecular complexity index is 1510. The number of hydrogen-bond acceptors (Lipinski definition) is 6. The summed E-state index contributed by atoms with van der Waals surface area (Å²) in [5.41, 5.74) is 10.00. The maximum absolute atomic E-state index is 12.9. The number of pyridine rings is 1. The number of nitrogens with two attached hydrogens (primary N) is 1. The number of amides is 3. The summed E-state index contributed by atoms with van der Waals surface area (Å²) in [4.78, 5) is 43.7. The number of benzene rings is 1. The lowest BCUT2D eigenvalue weighted by Gasteiger charge is -2.36. The lowest BCUT2D eigenvalue weighted by atomic mass is 9.74. The molecule has 3 fully saturated rings. The molecular formula is C28H30ClN7O3. The van der Waals surface area contributed by atoms with Crippen LogP contribution >= 0.6 is 11.6 Å². The highest BCUT2D eigenvalue weighted by molar-refractivity contribution is 6.30. The van der Waals surface area contributed by atoms with Crippen molar-refractivity contribution in [3.05, 3.63) is 69.1 Å². The van der Waals surface area contributed by atoms with Gasteiger partial charge >= 0.3 is 0 Å². The molecule has 1 aliphatic heterocycles. The Morgan fingerprint density at radius 1 is 1.18 bits per heavy atom. The van der Waals surface area contributed by atoms with Crippen LogP contribution in [0.4, 0.5) is 5.82 Å². The first-order valence-corrected chi connectivity index (χ1v) is 13.6. The molecule has 3 heterocycles. The lowest BCUT2D eigenvalue weighted by Crippen LogP contribution is -2.43. The molecule has 3 atom stereocenters. The van der Waals surface area contributed by atoms with Crippen molar-refractivity contribution >= 4 is 35.1 Å². The minimum atomic E-state index is -0.490. The topological polar surface area (TPSA) is 136 Å². The molecule has 0 unspecified atom stereocenters. The van der Waals surface area contributed by atoms with E-state index in [0.717, 1.165) is 41.0 Å². The number of halogens is 1. The summed E-state index contributed by atoms with van der Waals surface area (Å²) in [6.45, 7) is 6.75. The van der Waals surface area contributed by atoms with E-state index in [4.69, 9.17) is 17.3 Å². The normalized spacial score (nSPS) is 24.2. The van der Waals surface area contributed by atoms with Gasteiger partial charge in [0.05, 0.1) is 12.2 Å². The minimum absolute atomic E-state index is 0.0502. The molecule has 0 radical (unpaired) electrons. The molecule has 2 saturated carbocycles. The van der Waals surface area contributed by atoms with E-state index in [1.807, 2.05) is 25.7 Å². The maximum Gasteiger partial charge on any atom is 0.273 e. The van der Waals surface area contributed by atoms with Gasteiger partial charge < -0.3 is 11.1 Å². The highest BCUT2D eigenvalue weighted by Crippen LogP contribution is 2.47. The highest BCUT2D eigenvalue weighted by atomic mass is 35.5. The number of nitrogens with zero attached hydrogens (tertiary/aromatic N) is 5. The molecule has 2 aromatic heterocycles. The van der Waals surface area contributed by atoms with Crippen LogP contribution < -0.4 is 16.0 Å². The fraction of sp³-hybridized carbons (Fsp3) is 0.429. The highest BCUT2D eigenvalue weighted by Gasteiger charge is 2.53. The average molecular weight is 548 g/mol. The van der Waals surface area contributed by atoms with Gasteiger partial charge in [0, 0.05) is 35.3 Å². The van der Waals surface area contributed by atoms with E-state index >= 15 is 0 Å². The molecule has 11 heteroatoms. The summed E-state index contributed by atoms with van der Waals surface area (Å²) in [6, 6.07) is 4.81. The monoisotopic (exact) mass is 547 g/mol. The number of carbonyl (C=O) groups is 3. The van der Waals surface area contributed by atoms with Crippen LogP contribution in [0.25, 0.3) is 0 Å². The van der Waals surface area contributed by atoms with Gasteiger partial charge in [0.25, 0.3) is 5.91 Å². The second-order valence-corrected chi connectivity index (χ2v) is 11.5. The second-order valence-electron chi connectivity index (χ2n) is 11.0. The van der Waals surface area contributed by atoms with Crippen molar-refractivity contribution in [1.82, 2.24) is 25.3 Å². The van der Waals surface area contributed by atoms with E-state index in [9.17, 15) is 14.4 Å². The SMILES string of the molecule is Cc1c([C@H](C)n2cc(C(=O)NC3CC(c4cc(Cl)ccc4C(N)=O)C3)nn2)cnc(N2C[C@H]3C[C@H]3C2=O)c1C. The smallest absolute Gasteiger partial charge is 0.273 e. The summed E-state index contributed by atoms with van der Waals surface area (Å²) in [5, 5.41) is 11.9. The van der Waals surface area contributed by atoms with Crippen molar-refractivity contribution in [1.29, 1.82) is 0 Å². The van der Waals surface area contributed by atoms with Crippen LogP contribution in [0.2, 0.25) is 5.02 Å². The predicted molar refractivity (Wildman–Crippen MR) is 145 cm³/mol. The van der Waals surface area contributed by atoms with Crippen LogP contribution in [0, 0.1) is 25.7 Å². The number of fused-ring (bicyclic) bond motifs is 1. The molecule has 39 heavy (non-hydrogen) atoms. The summed E-state index contributed by atoms with van der Waals surface area (Å²) < 4.78 is 1.66. The van der Waals surface area contributed by atoms with E-state index < -0.39 is 5.91 Å². The second kappa shape index (κ2) is 9.44. The van der Waals surface area contributed by atoms with Gasteiger partial charge in [0.1, 0.15) is 5.82 Å². The molecule has 0 bridgehead atoms. The third kappa shape index (κ3) is 4.46. The zero-order chi connectivity index (χ0) is 27.6. The molecule has 3 aliphatic rings. The van der Waals surface area contributed by atoms with Crippen molar-refractivity contribution in [3.63, 3.8) is 0 Å². The zero-order valence-corrected chi connectivity index (χ0v) is 22.8. The number of carbonyl (C=O) groups excluding carboxylic acids is 3. The summed E-state index contributed by atoms with van der Waals surface area (Å²) in [6.07, 6.45) is 5.79. The quantitative estimate of drug-likeness (QED) is 0.465. The van der Waals surface area contributed by atoms with Crippen molar-refractivity contribution < 1.29 is 14.4 Å². The van der Waals surface area contributed by atoms with Crippen LogP contribution in [0.3, 0.4) is 0 Å². The number of piperidine rings is 1. The Morgan fingerprint density at radius 2 is 1.95 bits per heavy atom. The molecule has 1 aromatic carbocycles. The van der Waals surface area contributed by atoms with E-state index in [1.165, 1.54) is 0 Å². The largest absolute Gasteiger partial charge is 0.366 e. The van der Waals surface area contributed by atoms with E-state index in [1.54, 1.807) is 35.3 Å². The first-order valence-electron chi connectivity index (χ1n) is 13.2. The van der Waals surface area contributed by atoms with Crippen LogP contribution in [0.1, 0.15) is 81.2 Å². The minimum Gasteiger partial charge on any atom is -0.366 e. The number of rotatable bonds is 7. The van der Waals surface area contributed by atoms with Crippen molar-refractivity contribution in [2.24, 2.45) is 17.6 Å². The van der Waals surface area contributed by atoms with Gasteiger partial charge in [-0.2, -0.15) is 0 Å². The van der Waals surface area contributed by atoms with Crippen molar-refractivity contribution in [3.8, 4) is 0 Å². The molecule has 3 N–H and O–H groups in total. The van der Waals surface area contributed by atoms with Gasteiger partial charge in [-0.15, -0.1) is 5.10 Å². The fourth-order valence-corrected chi connectivity index (χ4v) is 6.11. The zero-order valence-electron chi connectivity index (χ0n) is 22.0. The van der Waals surface area contributed by atoms with Crippen LogP contribution in [-0.4, -0.2) is 50.3 Å². The third-order valence-electron chi connectivity index (χ3n) is 8.62. The van der Waals surface area contributed by atoms with E-state index in [0.29, 0.717) is 29.3 Å². The van der Waals surface area contributed by atoms with Gasteiger partial charge in [-0.1, -0.05) is 16.8 Å². The Hall–Kier alpha value is -3.79. The average Bonchev–Trinajstić information content (AvgIpc) is 3.33. The maximum atomic E-state index is 12.9. The van der Waals surface area contributed by atoms with Crippen molar-refractivity contribution in [2.75, 3.05) is 11.4 Å². The molecule has 2 aliphatic carbocycles. The first kappa shape index (κ1) is 25.5. The van der Waals surface area contributed by atoms with Gasteiger partial charge in [-0.05, 0) is 92.3 Å².